The minimum atomic E-state index is -1.31. The van der Waals surface area contributed by atoms with Crippen molar-refractivity contribution >= 4 is 19.2 Å². The lowest BCUT2D eigenvalue weighted by atomic mass is 9.92. The van der Waals surface area contributed by atoms with E-state index in [4.69, 9.17) is 0 Å². The van der Waals surface area contributed by atoms with Crippen LogP contribution in [0, 0.1) is 5.92 Å². The molecular weight excluding hydrogens is 364 g/mol. The van der Waals surface area contributed by atoms with Gasteiger partial charge >= 0.3 is 0 Å². The highest BCUT2D eigenvalue weighted by atomic mass is 28.3. The fraction of sp³-hybridized carbons (Fsp3) is 0.214. The Labute approximate surface area is 177 Å². The molecule has 0 aliphatic heterocycles. The molecule has 1 aliphatic rings. The zero-order valence-electron chi connectivity index (χ0n) is 17.7. The van der Waals surface area contributed by atoms with Crippen molar-refractivity contribution in [3.8, 4) is 0 Å². The summed E-state index contributed by atoms with van der Waals surface area (Å²) < 4.78 is 0. The van der Waals surface area contributed by atoms with Crippen LogP contribution in [0.3, 0.4) is 0 Å². The molecule has 0 spiro atoms. The van der Waals surface area contributed by atoms with E-state index in [0.29, 0.717) is 5.92 Å². The molecule has 0 saturated carbocycles. The molecular formula is C28H30Si. The van der Waals surface area contributed by atoms with Gasteiger partial charge < -0.3 is 0 Å². The van der Waals surface area contributed by atoms with Gasteiger partial charge in [0.1, 0.15) is 8.80 Å². The SMILES string of the molecule is CC1=C(C)C(C[SiH](c2ccccc2)c2ccccc2)C(Cc2ccccc2)=C1C. The van der Waals surface area contributed by atoms with Crippen LogP contribution in [0.2, 0.25) is 6.04 Å². The summed E-state index contributed by atoms with van der Waals surface area (Å²) in [6.07, 6.45) is 1.07. The molecule has 0 heterocycles. The second-order valence-corrected chi connectivity index (χ2v) is 11.2. The summed E-state index contributed by atoms with van der Waals surface area (Å²) in [7, 11) is -1.31. The lowest BCUT2D eigenvalue weighted by molar-refractivity contribution is 0.776. The molecule has 0 bridgehead atoms. The molecule has 29 heavy (non-hydrogen) atoms. The van der Waals surface area contributed by atoms with Crippen molar-refractivity contribution < 1.29 is 0 Å². The monoisotopic (exact) mass is 394 g/mol. The van der Waals surface area contributed by atoms with Gasteiger partial charge in [-0.05, 0) is 55.9 Å². The van der Waals surface area contributed by atoms with Gasteiger partial charge in [0.15, 0.2) is 0 Å². The summed E-state index contributed by atoms with van der Waals surface area (Å²) in [4.78, 5) is 0. The molecule has 0 aromatic heterocycles. The number of hydrogen-bond donors (Lipinski definition) is 0. The molecule has 0 amide bonds. The Bertz CT molecular complexity index is 974. The van der Waals surface area contributed by atoms with E-state index in [1.807, 2.05) is 0 Å². The predicted octanol–water partition coefficient (Wildman–Crippen LogP) is 5.55. The summed E-state index contributed by atoms with van der Waals surface area (Å²) in [5.41, 5.74) is 7.67. The van der Waals surface area contributed by atoms with Crippen LogP contribution < -0.4 is 10.4 Å². The van der Waals surface area contributed by atoms with Crippen LogP contribution in [0.4, 0.5) is 0 Å². The Hall–Kier alpha value is -2.64. The minimum absolute atomic E-state index is 0.562. The first-order chi connectivity index (χ1) is 14.1. The summed E-state index contributed by atoms with van der Waals surface area (Å²) in [5, 5.41) is 3.10. The van der Waals surface area contributed by atoms with Crippen molar-refractivity contribution in [1.29, 1.82) is 0 Å². The molecule has 146 valence electrons. The van der Waals surface area contributed by atoms with Crippen molar-refractivity contribution in [1.82, 2.24) is 0 Å². The van der Waals surface area contributed by atoms with Crippen molar-refractivity contribution in [2.45, 2.75) is 33.2 Å². The average Bonchev–Trinajstić information content (AvgIpc) is 2.97. The van der Waals surface area contributed by atoms with E-state index < -0.39 is 8.80 Å². The molecule has 1 atom stereocenters. The Morgan fingerprint density at radius 2 is 1.10 bits per heavy atom. The fourth-order valence-electron chi connectivity index (χ4n) is 4.78. The van der Waals surface area contributed by atoms with E-state index >= 15 is 0 Å². The molecule has 4 rings (SSSR count). The molecule has 1 unspecified atom stereocenters. The Morgan fingerprint density at radius 3 is 1.62 bits per heavy atom. The third kappa shape index (κ3) is 4.20. The van der Waals surface area contributed by atoms with Crippen LogP contribution in [0.5, 0.6) is 0 Å². The summed E-state index contributed by atoms with van der Waals surface area (Å²) in [6.45, 7) is 7.01. The average molecular weight is 395 g/mol. The molecule has 0 N–H and O–H groups in total. The second kappa shape index (κ2) is 8.80. The van der Waals surface area contributed by atoms with Gasteiger partial charge in [-0.25, -0.2) is 0 Å². The van der Waals surface area contributed by atoms with Crippen LogP contribution >= 0.6 is 0 Å². The molecule has 3 aromatic rings. The highest BCUT2D eigenvalue weighted by molar-refractivity contribution is 6.85. The Kier molecular flexibility index (Phi) is 5.96. The summed E-state index contributed by atoms with van der Waals surface area (Å²) in [5.74, 6) is 0.562. The molecule has 0 saturated heterocycles. The third-order valence-corrected chi connectivity index (χ3v) is 10.0. The van der Waals surface area contributed by atoms with Gasteiger partial charge in [0, 0.05) is 0 Å². The Balaban J connectivity index is 1.70. The highest BCUT2D eigenvalue weighted by Crippen LogP contribution is 2.41. The zero-order valence-corrected chi connectivity index (χ0v) is 18.9. The molecule has 3 aromatic carbocycles. The van der Waals surface area contributed by atoms with Gasteiger partial charge in [0.25, 0.3) is 0 Å². The maximum absolute atomic E-state index is 2.36. The summed E-state index contributed by atoms with van der Waals surface area (Å²) in [6, 6.07) is 34.7. The topological polar surface area (TPSA) is 0 Å². The first-order valence-electron chi connectivity index (χ1n) is 10.7. The van der Waals surface area contributed by atoms with Crippen molar-refractivity contribution in [2.75, 3.05) is 0 Å². The molecule has 0 radical (unpaired) electrons. The van der Waals surface area contributed by atoms with E-state index in [1.165, 1.54) is 22.8 Å². The van der Waals surface area contributed by atoms with Gasteiger partial charge in [0.05, 0.1) is 0 Å². The van der Waals surface area contributed by atoms with Crippen molar-refractivity contribution in [2.24, 2.45) is 5.92 Å². The lowest BCUT2D eigenvalue weighted by Gasteiger charge is -2.25. The number of allylic oxidation sites excluding steroid dienone is 4. The van der Waals surface area contributed by atoms with E-state index in [1.54, 1.807) is 21.5 Å². The van der Waals surface area contributed by atoms with Gasteiger partial charge in [-0.15, -0.1) is 0 Å². The minimum Gasteiger partial charge on any atom is -0.0632 e. The largest absolute Gasteiger partial charge is 0.104 e. The Morgan fingerprint density at radius 1 is 0.621 bits per heavy atom. The van der Waals surface area contributed by atoms with Crippen LogP contribution in [-0.4, -0.2) is 8.80 Å². The molecule has 0 fully saturated rings. The maximum atomic E-state index is 2.36. The van der Waals surface area contributed by atoms with Gasteiger partial charge in [0.2, 0.25) is 0 Å². The standard InChI is InChI=1S/C28H30Si/c1-21-22(2)27(19-24-13-7-4-8-14-24)28(23(21)3)20-29(25-15-9-5-10-16-25)26-17-11-6-12-18-26/h4-18,28-29H,19-20H2,1-3H3. The first kappa shape index (κ1) is 19.7. The van der Waals surface area contributed by atoms with E-state index in [2.05, 4.69) is 112 Å². The van der Waals surface area contributed by atoms with Crippen LogP contribution in [0.25, 0.3) is 0 Å². The van der Waals surface area contributed by atoms with E-state index in [9.17, 15) is 0 Å². The maximum Gasteiger partial charge on any atom is 0.104 e. The lowest BCUT2D eigenvalue weighted by Crippen LogP contribution is -2.43. The van der Waals surface area contributed by atoms with Crippen LogP contribution in [0.1, 0.15) is 26.3 Å². The zero-order chi connectivity index (χ0) is 20.2. The van der Waals surface area contributed by atoms with Gasteiger partial charge in [-0.2, -0.15) is 0 Å². The number of hydrogen-bond acceptors (Lipinski definition) is 0. The van der Waals surface area contributed by atoms with Gasteiger partial charge in [-0.1, -0.05) is 113 Å². The number of benzene rings is 3. The highest BCUT2D eigenvalue weighted by Gasteiger charge is 2.31. The van der Waals surface area contributed by atoms with Crippen molar-refractivity contribution in [3.05, 3.63) is 119 Å². The molecule has 1 aliphatic carbocycles. The molecule has 1 heteroatoms. The van der Waals surface area contributed by atoms with Crippen LogP contribution in [0.15, 0.2) is 113 Å². The normalized spacial score (nSPS) is 16.8. The fourth-order valence-corrected chi connectivity index (χ4v) is 8.19. The second-order valence-electron chi connectivity index (χ2n) is 8.28. The third-order valence-electron chi connectivity index (χ3n) is 6.69. The van der Waals surface area contributed by atoms with Gasteiger partial charge in [-0.3, -0.25) is 0 Å². The quantitative estimate of drug-likeness (QED) is 0.481. The van der Waals surface area contributed by atoms with Crippen LogP contribution in [-0.2, 0) is 6.42 Å². The smallest absolute Gasteiger partial charge is 0.0632 e. The van der Waals surface area contributed by atoms with Crippen molar-refractivity contribution in [3.63, 3.8) is 0 Å². The summed E-state index contributed by atoms with van der Waals surface area (Å²) >= 11 is 0. The number of rotatable bonds is 6. The van der Waals surface area contributed by atoms with E-state index in [-0.39, 0.29) is 0 Å². The predicted molar refractivity (Wildman–Crippen MR) is 129 cm³/mol. The van der Waals surface area contributed by atoms with E-state index in [0.717, 1.165) is 6.42 Å². The molecule has 0 nitrogen and oxygen atoms in total. The first-order valence-corrected chi connectivity index (χ1v) is 12.6.